The molecule has 2 aromatic rings. The van der Waals surface area contributed by atoms with Crippen LogP contribution in [0.1, 0.15) is 12.7 Å². The number of amides is 1. The molecule has 1 amide bonds. The predicted molar refractivity (Wildman–Crippen MR) is 86.2 cm³/mol. The molecule has 1 N–H and O–H groups in total. The van der Waals surface area contributed by atoms with E-state index in [0.717, 1.165) is 6.08 Å². The number of esters is 1. The number of ether oxygens (including phenoxy) is 1. The molecule has 8 heteroatoms. The maximum atomic E-state index is 12.0. The molecule has 2 aromatic heterocycles. The molecule has 1 atom stereocenters. The van der Waals surface area contributed by atoms with Crippen molar-refractivity contribution in [2.75, 3.05) is 5.32 Å². The standard InChI is InChI=1S/C15H12Cl2N2O4/c1-9(23-13(20)5-4-11-3-2-6-22-11)15(21)19-14-12(17)7-10(16)8-18-14/h2-9H,1H3,(H,18,19,21). The van der Waals surface area contributed by atoms with Crippen LogP contribution >= 0.6 is 23.2 Å². The highest BCUT2D eigenvalue weighted by molar-refractivity contribution is 6.36. The van der Waals surface area contributed by atoms with Crippen molar-refractivity contribution in [2.45, 2.75) is 13.0 Å². The number of halogens is 2. The van der Waals surface area contributed by atoms with E-state index >= 15 is 0 Å². The molecule has 0 aliphatic carbocycles. The van der Waals surface area contributed by atoms with Crippen LogP contribution < -0.4 is 5.32 Å². The van der Waals surface area contributed by atoms with Gasteiger partial charge in [0.15, 0.2) is 11.9 Å². The normalized spacial score (nSPS) is 12.1. The van der Waals surface area contributed by atoms with Gasteiger partial charge in [0.2, 0.25) is 0 Å². The molecule has 0 saturated carbocycles. The number of hydrogen-bond donors (Lipinski definition) is 1. The van der Waals surface area contributed by atoms with Crippen LogP contribution in [0.25, 0.3) is 6.08 Å². The van der Waals surface area contributed by atoms with Gasteiger partial charge in [-0.1, -0.05) is 23.2 Å². The van der Waals surface area contributed by atoms with Gasteiger partial charge < -0.3 is 14.5 Å². The molecule has 120 valence electrons. The Morgan fingerprint density at radius 3 is 2.87 bits per heavy atom. The van der Waals surface area contributed by atoms with Crippen molar-refractivity contribution in [2.24, 2.45) is 0 Å². The average Bonchev–Trinajstić information content (AvgIpc) is 3.01. The molecule has 6 nitrogen and oxygen atoms in total. The zero-order valence-corrected chi connectivity index (χ0v) is 13.5. The van der Waals surface area contributed by atoms with Crippen LogP contribution in [0, 0.1) is 0 Å². The first-order valence-corrected chi connectivity index (χ1v) is 7.25. The van der Waals surface area contributed by atoms with E-state index in [1.165, 1.54) is 31.5 Å². The van der Waals surface area contributed by atoms with Crippen LogP contribution in [0.3, 0.4) is 0 Å². The smallest absolute Gasteiger partial charge is 0.331 e. The number of pyridine rings is 1. The van der Waals surface area contributed by atoms with Gasteiger partial charge in [0, 0.05) is 12.3 Å². The van der Waals surface area contributed by atoms with Crippen molar-refractivity contribution >= 4 is 47.0 Å². The SMILES string of the molecule is CC(OC(=O)C=Cc1ccco1)C(=O)Nc1ncc(Cl)cc1Cl. The van der Waals surface area contributed by atoms with Crippen molar-refractivity contribution in [1.82, 2.24) is 4.98 Å². The van der Waals surface area contributed by atoms with E-state index in [9.17, 15) is 9.59 Å². The Balaban J connectivity index is 1.90. The number of nitrogens with zero attached hydrogens (tertiary/aromatic N) is 1. The predicted octanol–water partition coefficient (Wildman–Crippen LogP) is 3.57. The molecular formula is C15H12Cl2N2O4. The topological polar surface area (TPSA) is 81.4 Å². The second-order valence-corrected chi connectivity index (χ2v) is 5.24. The maximum Gasteiger partial charge on any atom is 0.331 e. The number of hydrogen-bond acceptors (Lipinski definition) is 5. The lowest BCUT2D eigenvalue weighted by Crippen LogP contribution is -2.29. The van der Waals surface area contributed by atoms with Crippen LogP contribution in [0.4, 0.5) is 5.82 Å². The van der Waals surface area contributed by atoms with Gasteiger partial charge in [-0.05, 0) is 31.2 Å². The number of furan rings is 1. The largest absolute Gasteiger partial charge is 0.465 e. The van der Waals surface area contributed by atoms with Gasteiger partial charge in [-0.2, -0.15) is 0 Å². The molecule has 1 unspecified atom stereocenters. The Bertz CT molecular complexity index is 729. The van der Waals surface area contributed by atoms with Crippen LogP contribution in [-0.4, -0.2) is 23.0 Å². The Morgan fingerprint density at radius 1 is 1.43 bits per heavy atom. The number of aromatic nitrogens is 1. The summed E-state index contributed by atoms with van der Waals surface area (Å²) in [6, 6.07) is 4.80. The molecule has 0 bridgehead atoms. The molecule has 2 heterocycles. The number of nitrogens with one attached hydrogen (secondary N) is 1. The summed E-state index contributed by atoms with van der Waals surface area (Å²) in [5.74, 6) is -0.619. The Hall–Kier alpha value is -2.31. The van der Waals surface area contributed by atoms with Gasteiger partial charge in [-0.15, -0.1) is 0 Å². The summed E-state index contributed by atoms with van der Waals surface area (Å²) < 4.78 is 10.0. The molecule has 23 heavy (non-hydrogen) atoms. The third kappa shape index (κ3) is 5.12. The molecule has 0 saturated heterocycles. The van der Waals surface area contributed by atoms with Gasteiger partial charge in [0.25, 0.3) is 5.91 Å². The highest BCUT2D eigenvalue weighted by Gasteiger charge is 2.18. The van der Waals surface area contributed by atoms with Crippen molar-refractivity contribution in [3.8, 4) is 0 Å². The highest BCUT2D eigenvalue weighted by atomic mass is 35.5. The van der Waals surface area contributed by atoms with Gasteiger partial charge in [0.05, 0.1) is 16.3 Å². The number of carbonyl (C=O) groups is 2. The monoisotopic (exact) mass is 354 g/mol. The molecule has 0 aliphatic rings. The summed E-state index contributed by atoms with van der Waals surface area (Å²) in [5, 5.41) is 2.98. The maximum absolute atomic E-state index is 12.0. The number of anilines is 1. The minimum atomic E-state index is -1.03. The van der Waals surface area contributed by atoms with Crippen molar-refractivity contribution in [3.63, 3.8) is 0 Å². The van der Waals surface area contributed by atoms with E-state index < -0.39 is 18.0 Å². The van der Waals surface area contributed by atoms with Crippen molar-refractivity contribution < 1.29 is 18.7 Å². The first kappa shape index (κ1) is 17.1. The molecule has 0 fully saturated rings. The van der Waals surface area contributed by atoms with E-state index in [-0.39, 0.29) is 10.8 Å². The summed E-state index contributed by atoms with van der Waals surface area (Å²) in [4.78, 5) is 27.5. The number of rotatable bonds is 5. The second kappa shape index (κ2) is 7.80. The number of carbonyl (C=O) groups excluding carboxylic acids is 2. The summed E-state index contributed by atoms with van der Waals surface area (Å²) in [6.07, 6.45) is 4.38. The lowest BCUT2D eigenvalue weighted by atomic mass is 10.3. The van der Waals surface area contributed by atoms with E-state index in [0.29, 0.717) is 10.8 Å². The zero-order chi connectivity index (χ0) is 16.8. The van der Waals surface area contributed by atoms with Crippen LogP contribution in [0.5, 0.6) is 0 Å². The van der Waals surface area contributed by atoms with Crippen molar-refractivity contribution in [3.05, 3.63) is 52.5 Å². The minimum absolute atomic E-state index is 0.134. The molecule has 0 spiro atoms. The van der Waals surface area contributed by atoms with Gasteiger partial charge in [-0.3, -0.25) is 4.79 Å². The van der Waals surface area contributed by atoms with Gasteiger partial charge in [0.1, 0.15) is 5.76 Å². The third-order valence-corrected chi connectivity index (χ3v) is 3.13. The average molecular weight is 355 g/mol. The van der Waals surface area contributed by atoms with E-state index in [2.05, 4.69) is 10.3 Å². The van der Waals surface area contributed by atoms with E-state index in [1.54, 1.807) is 12.1 Å². The molecule has 0 aromatic carbocycles. The van der Waals surface area contributed by atoms with E-state index in [1.807, 2.05) is 0 Å². The fourth-order valence-electron chi connectivity index (χ4n) is 1.53. The van der Waals surface area contributed by atoms with E-state index in [4.69, 9.17) is 32.4 Å². The molecule has 0 aliphatic heterocycles. The fourth-order valence-corrected chi connectivity index (χ4v) is 1.96. The lowest BCUT2D eigenvalue weighted by molar-refractivity contribution is -0.148. The van der Waals surface area contributed by atoms with Crippen LogP contribution in [0.15, 0.2) is 41.2 Å². The summed E-state index contributed by atoms with van der Waals surface area (Å²) in [7, 11) is 0. The van der Waals surface area contributed by atoms with Crippen LogP contribution in [0.2, 0.25) is 10.0 Å². The fraction of sp³-hybridized carbons (Fsp3) is 0.133. The Morgan fingerprint density at radius 2 is 2.22 bits per heavy atom. The molecule has 2 rings (SSSR count). The summed E-state index contributed by atoms with van der Waals surface area (Å²) >= 11 is 11.6. The molecular weight excluding hydrogens is 343 g/mol. The first-order chi connectivity index (χ1) is 11.0. The third-order valence-electron chi connectivity index (χ3n) is 2.64. The summed E-state index contributed by atoms with van der Waals surface area (Å²) in [6.45, 7) is 1.43. The highest BCUT2D eigenvalue weighted by Crippen LogP contribution is 2.22. The minimum Gasteiger partial charge on any atom is -0.465 e. The van der Waals surface area contributed by atoms with Crippen LogP contribution in [-0.2, 0) is 14.3 Å². The lowest BCUT2D eigenvalue weighted by Gasteiger charge is -2.12. The van der Waals surface area contributed by atoms with Crippen molar-refractivity contribution in [1.29, 1.82) is 0 Å². The van der Waals surface area contributed by atoms with Gasteiger partial charge in [-0.25, -0.2) is 9.78 Å². The van der Waals surface area contributed by atoms with Gasteiger partial charge >= 0.3 is 5.97 Å². The summed E-state index contributed by atoms with van der Waals surface area (Å²) in [5.41, 5.74) is 0. The Labute approximate surface area is 142 Å². The molecule has 0 radical (unpaired) electrons. The Kier molecular flexibility index (Phi) is 5.78. The first-order valence-electron chi connectivity index (χ1n) is 6.50. The quantitative estimate of drug-likeness (QED) is 0.655. The second-order valence-electron chi connectivity index (χ2n) is 4.40. The zero-order valence-electron chi connectivity index (χ0n) is 12.0.